The van der Waals surface area contributed by atoms with Crippen LogP contribution in [0.25, 0.3) is 11.0 Å². The third kappa shape index (κ3) is 1.97. The fourth-order valence-electron chi connectivity index (χ4n) is 1.99. The van der Waals surface area contributed by atoms with Gasteiger partial charge in [-0.15, -0.1) is 0 Å². The molecule has 1 aromatic heterocycles. The Bertz CT molecular complexity index is 599. The van der Waals surface area contributed by atoms with Crippen LogP contribution in [0.4, 0.5) is 5.69 Å². The number of fused-ring (bicyclic) bond motifs is 1. The van der Waals surface area contributed by atoms with Crippen LogP contribution in [-0.4, -0.2) is 19.8 Å². The second-order valence-corrected chi connectivity index (χ2v) is 4.77. The predicted molar refractivity (Wildman–Crippen MR) is 76.3 cm³/mol. The molecular weight excluding hydrogens is 280 g/mol. The minimum absolute atomic E-state index is 0.882. The molecule has 4 heteroatoms. The first-order chi connectivity index (χ1) is 8.08. The molecule has 0 bridgehead atoms. The molecule has 90 valence electrons. The Morgan fingerprint density at radius 3 is 2.71 bits per heavy atom. The van der Waals surface area contributed by atoms with Crippen LogP contribution in [0.3, 0.4) is 0 Å². The summed E-state index contributed by atoms with van der Waals surface area (Å²) >= 11 is 3.55. The first-order valence-corrected chi connectivity index (χ1v) is 6.22. The van der Waals surface area contributed by atoms with Gasteiger partial charge in [0.15, 0.2) is 0 Å². The number of rotatable bonds is 2. The molecule has 1 heterocycles. The number of anilines is 1. The smallest absolute Gasteiger partial charge is 0.137 e. The minimum Gasteiger partial charge on any atom is -0.461 e. The molecule has 0 aliphatic rings. The lowest BCUT2D eigenvalue weighted by Gasteiger charge is -2.03. The van der Waals surface area contributed by atoms with E-state index in [-0.39, 0.29) is 0 Å². The maximum atomic E-state index is 5.78. The molecule has 2 aromatic rings. The van der Waals surface area contributed by atoms with Gasteiger partial charge in [0.25, 0.3) is 0 Å². The summed E-state index contributed by atoms with van der Waals surface area (Å²) in [4.78, 5) is 4.24. The maximum absolute atomic E-state index is 5.78. The maximum Gasteiger partial charge on any atom is 0.137 e. The average molecular weight is 295 g/mol. The number of aliphatic imine (C=N–C) groups is 1. The van der Waals surface area contributed by atoms with E-state index >= 15 is 0 Å². The van der Waals surface area contributed by atoms with Crippen LogP contribution in [0.15, 0.2) is 26.0 Å². The number of hydrogen-bond acceptors (Lipinski definition) is 3. The van der Waals surface area contributed by atoms with Crippen molar-refractivity contribution < 1.29 is 4.42 Å². The summed E-state index contributed by atoms with van der Waals surface area (Å²) in [5.74, 6) is 0.906. The van der Waals surface area contributed by atoms with Gasteiger partial charge in [-0.3, -0.25) is 4.99 Å². The van der Waals surface area contributed by atoms with E-state index in [1.165, 1.54) is 0 Å². The molecule has 0 saturated heterocycles. The van der Waals surface area contributed by atoms with E-state index in [0.717, 1.165) is 38.2 Å². The topological polar surface area (TPSA) is 37.5 Å². The van der Waals surface area contributed by atoms with E-state index in [9.17, 15) is 0 Å². The monoisotopic (exact) mass is 294 g/mol. The van der Waals surface area contributed by atoms with Crippen molar-refractivity contribution in [2.24, 2.45) is 4.99 Å². The Hall–Kier alpha value is -1.29. The number of nitrogens with one attached hydrogen (secondary N) is 1. The molecule has 1 aromatic carbocycles. The summed E-state index contributed by atoms with van der Waals surface area (Å²) in [6.45, 7) is 3.97. The van der Waals surface area contributed by atoms with Crippen LogP contribution in [0, 0.1) is 6.92 Å². The molecule has 0 atom stereocenters. The molecular formula is C13H15BrN2O. The molecule has 0 spiro atoms. The van der Waals surface area contributed by atoms with Gasteiger partial charge in [-0.25, -0.2) is 0 Å². The summed E-state index contributed by atoms with van der Waals surface area (Å²) in [6, 6.07) is 4.07. The van der Waals surface area contributed by atoms with Crippen LogP contribution in [0.1, 0.15) is 18.2 Å². The highest BCUT2D eigenvalue weighted by Gasteiger charge is 2.15. The number of hydrogen-bond donors (Lipinski definition) is 1. The number of furan rings is 1. The third-order valence-corrected chi connectivity index (χ3v) is 3.58. The van der Waals surface area contributed by atoms with Gasteiger partial charge in [0.2, 0.25) is 0 Å². The van der Waals surface area contributed by atoms with Crippen molar-refractivity contribution in [1.29, 1.82) is 0 Å². The van der Waals surface area contributed by atoms with Gasteiger partial charge >= 0.3 is 0 Å². The van der Waals surface area contributed by atoms with Gasteiger partial charge in [-0.2, -0.15) is 0 Å². The first-order valence-electron chi connectivity index (χ1n) is 5.42. The Balaban J connectivity index is 2.79. The van der Waals surface area contributed by atoms with Crippen molar-refractivity contribution in [1.82, 2.24) is 0 Å². The van der Waals surface area contributed by atoms with E-state index in [1.807, 2.05) is 27.0 Å². The molecule has 0 radical (unpaired) electrons. The molecule has 0 amide bonds. The summed E-state index contributed by atoms with van der Waals surface area (Å²) in [5.41, 5.74) is 3.98. The van der Waals surface area contributed by atoms with Gasteiger partial charge in [0.05, 0.1) is 5.69 Å². The summed E-state index contributed by atoms with van der Waals surface area (Å²) in [5, 5.41) is 4.22. The molecule has 17 heavy (non-hydrogen) atoms. The van der Waals surface area contributed by atoms with E-state index in [4.69, 9.17) is 4.42 Å². The highest BCUT2D eigenvalue weighted by molar-refractivity contribution is 9.10. The van der Waals surface area contributed by atoms with Crippen molar-refractivity contribution in [2.75, 3.05) is 19.4 Å². The lowest BCUT2D eigenvalue weighted by molar-refractivity contribution is 0.577. The second-order valence-electron chi connectivity index (χ2n) is 3.92. The number of nitrogens with zero attached hydrogens (tertiary/aromatic N) is 1. The zero-order valence-electron chi connectivity index (χ0n) is 10.4. The van der Waals surface area contributed by atoms with Gasteiger partial charge < -0.3 is 9.73 Å². The van der Waals surface area contributed by atoms with Gasteiger partial charge in [-0.1, -0.05) is 0 Å². The van der Waals surface area contributed by atoms with E-state index in [2.05, 4.69) is 32.3 Å². The Morgan fingerprint density at radius 2 is 2.12 bits per heavy atom. The largest absolute Gasteiger partial charge is 0.461 e. The first kappa shape index (κ1) is 12.2. The van der Waals surface area contributed by atoms with Crippen LogP contribution in [0.2, 0.25) is 0 Å². The molecule has 2 rings (SSSR count). The molecule has 0 fully saturated rings. The molecule has 0 aliphatic carbocycles. The molecule has 3 nitrogen and oxygen atoms in total. The molecule has 0 unspecified atom stereocenters. The Morgan fingerprint density at radius 1 is 1.41 bits per heavy atom. The van der Waals surface area contributed by atoms with Gasteiger partial charge in [-0.05, 0) is 35.8 Å². The molecule has 1 N–H and O–H groups in total. The molecule has 0 aliphatic heterocycles. The third-order valence-electron chi connectivity index (χ3n) is 2.92. The SMILES string of the molecule is CN=C(C)c1c(C)oc2cc(NC)c(Br)cc12. The zero-order valence-corrected chi connectivity index (χ0v) is 12.0. The number of benzene rings is 1. The standard InChI is InChI=1S/C13H15BrN2O/c1-7(15-3)13-8(2)17-12-6-11(16-4)10(14)5-9(12)13/h5-6,16H,1-4H3. The van der Waals surface area contributed by atoms with E-state index < -0.39 is 0 Å². The Kier molecular flexibility index (Phi) is 3.24. The zero-order chi connectivity index (χ0) is 12.6. The highest BCUT2D eigenvalue weighted by atomic mass is 79.9. The van der Waals surface area contributed by atoms with Crippen LogP contribution in [-0.2, 0) is 0 Å². The summed E-state index contributed by atoms with van der Waals surface area (Å²) < 4.78 is 6.80. The lowest BCUT2D eigenvalue weighted by Crippen LogP contribution is -1.95. The second kappa shape index (κ2) is 4.53. The van der Waals surface area contributed by atoms with Crippen molar-refractivity contribution >= 4 is 38.3 Å². The average Bonchev–Trinajstić information content (AvgIpc) is 2.62. The highest BCUT2D eigenvalue weighted by Crippen LogP contribution is 2.33. The van der Waals surface area contributed by atoms with Crippen molar-refractivity contribution in [2.45, 2.75) is 13.8 Å². The van der Waals surface area contributed by atoms with Gasteiger partial charge in [0.1, 0.15) is 11.3 Å². The minimum atomic E-state index is 0.882. The number of halogens is 1. The Labute approximate surface area is 109 Å². The van der Waals surface area contributed by atoms with Gasteiger partial charge in [0, 0.05) is 41.3 Å². The summed E-state index contributed by atoms with van der Waals surface area (Å²) in [6.07, 6.45) is 0. The van der Waals surface area contributed by atoms with Crippen molar-refractivity contribution in [3.05, 3.63) is 27.9 Å². The molecule has 0 saturated carbocycles. The quantitative estimate of drug-likeness (QED) is 0.851. The van der Waals surface area contributed by atoms with E-state index in [1.54, 1.807) is 7.05 Å². The van der Waals surface area contributed by atoms with Crippen LogP contribution < -0.4 is 5.32 Å². The fourth-order valence-corrected chi connectivity index (χ4v) is 2.53. The van der Waals surface area contributed by atoms with Crippen LogP contribution >= 0.6 is 15.9 Å². The predicted octanol–water partition coefficient (Wildman–Crippen LogP) is 3.98. The van der Waals surface area contributed by atoms with Crippen molar-refractivity contribution in [3.8, 4) is 0 Å². The normalized spacial score (nSPS) is 12.2. The summed E-state index contributed by atoms with van der Waals surface area (Å²) in [7, 11) is 3.69. The van der Waals surface area contributed by atoms with Crippen LogP contribution in [0.5, 0.6) is 0 Å². The lowest BCUT2D eigenvalue weighted by atomic mass is 10.1. The van der Waals surface area contributed by atoms with E-state index in [0.29, 0.717) is 0 Å². The van der Waals surface area contributed by atoms with Crippen molar-refractivity contribution in [3.63, 3.8) is 0 Å². The fraction of sp³-hybridized carbons (Fsp3) is 0.308. The number of aryl methyl sites for hydroxylation is 1.